The van der Waals surface area contributed by atoms with Crippen molar-refractivity contribution in [2.75, 3.05) is 20.0 Å². The molecule has 0 amide bonds. The smallest absolute Gasteiger partial charge is 0.244 e. The van der Waals surface area contributed by atoms with Crippen molar-refractivity contribution in [2.45, 2.75) is 32.8 Å². The van der Waals surface area contributed by atoms with Crippen LogP contribution in [0.2, 0.25) is 0 Å². The predicted octanol–water partition coefficient (Wildman–Crippen LogP) is 1.91. The van der Waals surface area contributed by atoms with Gasteiger partial charge in [-0.2, -0.15) is 5.10 Å². The fourth-order valence-electron chi connectivity index (χ4n) is 2.35. The molecule has 1 aromatic carbocycles. The van der Waals surface area contributed by atoms with E-state index in [1.54, 1.807) is 19.2 Å². The molecular formula is C15H22N2O5S. The molecule has 0 aromatic heterocycles. The molecule has 8 heteroatoms. The van der Waals surface area contributed by atoms with Gasteiger partial charge < -0.3 is 14.2 Å². The summed E-state index contributed by atoms with van der Waals surface area (Å²) < 4.78 is 39.5. The molecule has 0 atom stereocenters. The Morgan fingerprint density at radius 3 is 2.61 bits per heavy atom. The molecular weight excluding hydrogens is 320 g/mol. The second-order valence-electron chi connectivity index (χ2n) is 5.89. The van der Waals surface area contributed by atoms with Crippen LogP contribution in [0.15, 0.2) is 17.2 Å². The largest absolute Gasteiger partial charge is 0.493 e. The lowest BCUT2D eigenvalue weighted by molar-refractivity contribution is 0.110. The Bertz CT molecular complexity index is 726. The van der Waals surface area contributed by atoms with E-state index in [4.69, 9.17) is 14.2 Å². The van der Waals surface area contributed by atoms with Gasteiger partial charge in [0, 0.05) is 18.1 Å². The molecule has 128 valence electrons. The Hall–Kier alpha value is -1.96. The quantitative estimate of drug-likeness (QED) is 0.826. The number of fused-ring (bicyclic) bond motifs is 1. The fraction of sp³-hybridized carbons (Fsp3) is 0.533. The number of sulfonamides is 1. The zero-order valence-corrected chi connectivity index (χ0v) is 14.8. The predicted molar refractivity (Wildman–Crippen MR) is 88.0 cm³/mol. The number of rotatable bonds is 5. The van der Waals surface area contributed by atoms with Crippen LogP contribution in [0, 0.1) is 0 Å². The molecule has 1 aliphatic heterocycles. The summed E-state index contributed by atoms with van der Waals surface area (Å²) in [6.07, 6.45) is 1.51. The highest BCUT2D eigenvalue weighted by molar-refractivity contribution is 7.88. The van der Waals surface area contributed by atoms with Crippen molar-refractivity contribution in [3.8, 4) is 17.2 Å². The lowest BCUT2D eigenvalue weighted by Crippen LogP contribution is -2.37. The van der Waals surface area contributed by atoms with Crippen LogP contribution in [0.5, 0.6) is 17.2 Å². The first-order chi connectivity index (χ1) is 10.6. The van der Waals surface area contributed by atoms with Crippen molar-refractivity contribution >= 4 is 15.7 Å². The van der Waals surface area contributed by atoms with Gasteiger partial charge in [0.1, 0.15) is 11.4 Å². The van der Waals surface area contributed by atoms with Crippen LogP contribution in [0.1, 0.15) is 32.8 Å². The zero-order chi connectivity index (χ0) is 17.3. The summed E-state index contributed by atoms with van der Waals surface area (Å²) in [6, 6.07) is 3.49. The molecule has 2 rings (SSSR count). The molecule has 0 saturated heterocycles. The summed E-state index contributed by atoms with van der Waals surface area (Å²) in [4.78, 5) is 2.18. The van der Waals surface area contributed by atoms with Crippen molar-refractivity contribution in [3.63, 3.8) is 0 Å². The lowest BCUT2D eigenvalue weighted by Gasteiger charge is -2.33. The Morgan fingerprint density at radius 2 is 2.04 bits per heavy atom. The maximum absolute atomic E-state index is 11.3. The lowest BCUT2D eigenvalue weighted by atomic mass is 9.92. The average molecular weight is 342 g/mol. The summed E-state index contributed by atoms with van der Waals surface area (Å²) in [5.74, 6) is 1.70. The van der Waals surface area contributed by atoms with Gasteiger partial charge in [-0.05, 0) is 26.8 Å². The molecule has 0 saturated carbocycles. The highest BCUT2D eigenvalue weighted by atomic mass is 32.2. The number of hydrogen-bond donors (Lipinski definition) is 1. The Morgan fingerprint density at radius 1 is 1.35 bits per heavy atom. The van der Waals surface area contributed by atoms with E-state index in [2.05, 4.69) is 9.93 Å². The Kier molecular flexibility index (Phi) is 4.74. The second-order valence-corrected chi connectivity index (χ2v) is 7.62. The van der Waals surface area contributed by atoms with Crippen LogP contribution in [0.4, 0.5) is 0 Å². The second kappa shape index (κ2) is 6.27. The molecule has 1 N–H and O–H groups in total. The average Bonchev–Trinajstić information content (AvgIpc) is 2.42. The van der Waals surface area contributed by atoms with E-state index in [1.807, 2.05) is 20.8 Å². The monoisotopic (exact) mass is 342 g/mol. The van der Waals surface area contributed by atoms with Crippen molar-refractivity contribution in [2.24, 2.45) is 5.10 Å². The van der Waals surface area contributed by atoms with Crippen LogP contribution < -0.4 is 19.0 Å². The summed E-state index contributed by atoms with van der Waals surface area (Å²) in [5.41, 5.74) is 0.757. The van der Waals surface area contributed by atoms with Gasteiger partial charge in [0.2, 0.25) is 10.0 Å². The molecule has 0 aliphatic carbocycles. The minimum absolute atomic E-state index is 0.458. The van der Waals surface area contributed by atoms with Gasteiger partial charge in [-0.1, -0.05) is 0 Å². The van der Waals surface area contributed by atoms with Crippen LogP contribution in [0.3, 0.4) is 0 Å². The minimum Gasteiger partial charge on any atom is -0.493 e. The van der Waals surface area contributed by atoms with Gasteiger partial charge in [-0.25, -0.2) is 13.2 Å². The molecule has 0 radical (unpaired) electrons. The fourth-order valence-corrected chi connectivity index (χ4v) is 2.63. The number of nitrogens with zero attached hydrogens (tertiary/aromatic N) is 1. The van der Waals surface area contributed by atoms with Crippen LogP contribution in [-0.2, 0) is 10.0 Å². The van der Waals surface area contributed by atoms with Crippen molar-refractivity contribution in [1.29, 1.82) is 0 Å². The highest BCUT2D eigenvalue weighted by Gasteiger charge is 2.33. The normalized spacial score (nSPS) is 18.0. The number of nitrogens with one attached hydrogen (secondary N) is 1. The molecule has 1 heterocycles. The zero-order valence-electron chi connectivity index (χ0n) is 14.0. The standard InChI is InChI=1S/C15H22N2O5S/c1-6-21-14-8-12-10(7-13(14)20-4)11(9-15(2,3)22-12)16-17-23(5,18)19/h7-8,17H,6,9H2,1-5H3. The number of methoxy groups -OCH3 is 1. The van der Waals surface area contributed by atoms with Crippen molar-refractivity contribution in [1.82, 2.24) is 4.83 Å². The van der Waals surface area contributed by atoms with Crippen molar-refractivity contribution in [3.05, 3.63) is 17.7 Å². The van der Waals surface area contributed by atoms with Gasteiger partial charge in [0.15, 0.2) is 11.5 Å². The molecule has 0 unspecified atom stereocenters. The molecule has 1 aromatic rings. The van der Waals surface area contributed by atoms with Crippen LogP contribution in [0.25, 0.3) is 0 Å². The first kappa shape index (κ1) is 17.4. The van der Waals surface area contributed by atoms with Gasteiger partial charge >= 0.3 is 0 Å². The summed E-state index contributed by atoms with van der Waals surface area (Å²) in [5, 5.41) is 4.04. The van der Waals surface area contributed by atoms with Gasteiger partial charge in [0.25, 0.3) is 0 Å². The van der Waals surface area contributed by atoms with Gasteiger partial charge in [0.05, 0.1) is 25.7 Å². The topological polar surface area (TPSA) is 86.2 Å². The summed E-state index contributed by atoms with van der Waals surface area (Å²) in [7, 11) is -1.88. The number of hydrogen-bond acceptors (Lipinski definition) is 6. The molecule has 23 heavy (non-hydrogen) atoms. The van der Waals surface area contributed by atoms with E-state index in [1.165, 1.54) is 0 Å². The van der Waals surface area contributed by atoms with E-state index < -0.39 is 15.6 Å². The molecule has 0 fully saturated rings. The van der Waals surface area contributed by atoms with E-state index in [0.29, 0.717) is 41.6 Å². The maximum Gasteiger partial charge on any atom is 0.244 e. The van der Waals surface area contributed by atoms with E-state index in [0.717, 1.165) is 6.26 Å². The molecule has 1 aliphatic rings. The third-order valence-electron chi connectivity index (χ3n) is 3.20. The van der Waals surface area contributed by atoms with E-state index >= 15 is 0 Å². The molecule has 0 bridgehead atoms. The third-order valence-corrected chi connectivity index (χ3v) is 3.63. The SMILES string of the molecule is CCOc1cc2c(cc1OC)C(=NNS(C)(=O)=O)CC(C)(C)O2. The summed E-state index contributed by atoms with van der Waals surface area (Å²) >= 11 is 0. The third kappa shape index (κ3) is 4.28. The first-order valence-electron chi connectivity index (χ1n) is 7.23. The van der Waals surface area contributed by atoms with Gasteiger partial charge in [-0.15, -0.1) is 0 Å². The van der Waals surface area contributed by atoms with Crippen LogP contribution >= 0.6 is 0 Å². The Labute approximate surface area is 136 Å². The van der Waals surface area contributed by atoms with Crippen LogP contribution in [-0.4, -0.2) is 39.7 Å². The highest BCUT2D eigenvalue weighted by Crippen LogP contribution is 2.41. The van der Waals surface area contributed by atoms with E-state index in [-0.39, 0.29) is 0 Å². The molecule has 7 nitrogen and oxygen atoms in total. The number of hydrazone groups is 1. The van der Waals surface area contributed by atoms with Crippen molar-refractivity contribution < 1.29 is 22.6 Å². The minimum atomic E-state index is -3.43. The number of ether oxygens (including phenoxy) is 3. The van der Waals surface area contributed by atoms with Gasteiger partial charge in [-0.3, -0.25) is 0 Å². The maximum atomic E-state index is 11.3. The first-order valence-corrected chi connectivity index (χ1v) is 9.12. The van der Waals surface area contributed by atoms with E-state index in [9.17, 15) is 8.42 Å². The Balaban J connectivity index is 2.54. The summed E-state index contributed by atoms with van der Waals surface area (Å²) in [6.45, 7) is 6.20. The number of benzene rings is 1. The molecule has 0 spiro atoms.